The largest absolute Gasteiger partial charge is 0.416 e. The average Bonchev–Trinajstić information content (AvgIpc) is 3.16. The van der Waals surface area contributed by atoms with Gasteiger partial charge < -0.3 is 9.26 Å². The van der Waals surface area contributed by atoms with Crippen LogP contribution >= 0.6 is 0 Å². The van der Waals surface area contributed by atoms with Gasteiger partial charge in [-0.05, 0) is 26.1 Å². The molecule has 1 fully saturated rings. The van der Waals surface area contributed by atoms with E-state index in [1.165, 1.54) is 12.1 Å². The highest BCUT2D eigenvalue weighted by Crippen LogP contribution is 2.31. The predicted octanol–water partition coefficient (Wildman–Crippen LogP) is 3.08. The van der Waals surface area contributed by atoms with Crippen LogP contribution in [0.1, 0.15) is 24.4 Å². The molecule has 27 heavy (non-hydrogen) atoms. The van der Waals surface area contributed by atoms with Gasteiger partial charge in [-0.15, -0.1) is 0 Å². The van der Waals surface area contributed by atoms with Crippen LogP contribution in [0.5, 0.6) is 0 Å². The molecule has 3 rings (SSSR count). The van der Waals surface area contributed by atoms with Gasteiger partial charge in [-0.3, -0.25) is 9.80 Å². The summed E-state index contributed by atoms with van der Waals surface area (Å²) in [5.74, 6) is 0.538. The van der Waals surface area contributed by atoms with Crippen molar-refractivity contribution in [2.45, 2.75) is 19.1 Å². The van der Waals surface area contributed by atoms with E-state index in [4.69, 9.17) is 9.26 Å². The van der Waals surface area contributed by atoms with E-state index in [2.05, 4.69) is 19.9 Å². The van der Waals surface area contributed by atoms with Crippen molar-refractivity contribution in [2.24, 2.45) is 0 Å². The van der Waals surface area contributed by atoms with E-state index < -0.39 is 11.7 Å². The summed E-state index contributed by atoms with van der Waals surface area (Å²) in [6.07, 6.45) is -4.41. The lowest BCUT2D eigenvalue weighted by molar-refractivity contribution is -0.137. The highest BCUT2D eigenvalue weighted by atomic mass is 19.4. The number of benzene rings is 1. The summed E-state index contributed by atoms with van der Waals surface area (Å²) in [5.41, 5.74) is -0.454. The van der Waals surface area contributed by atoms with Crippen LogP contribution in [-0.4, -0.2) is 66.4 Å². The molecular weight excluding hydrogens is 361 g/mol. The van der Waals surface area contributed by atoms with Crippen LogP contribution < -0.4 is 0 Å². The fraction of sp³-hybridized carbons (Fsp3) is 0.556. The summed E-state index contributed by atoms with van der Waals surface area (Å²) in [6, 6.07) is 4.79. The van der Waals surface area contributed by atoms with Gasteiger partial charge in [0.05, 0.1) is 24.8 Å². The molecule has 1 aromatic carbocycles. The van der Waals surface area contributed by atoms with Crippen LogP contribution in [0.4, 0.5) is 13.2 Å². The molecule has 6 nitrogen and oxygen atoms in total. The molecule has 0 radical (unpaired) electrons. The van der Waals surface area contributed by atoms with Gasteiger partial charge in [0.1, 0.15) is 0 Å². The summed E-state index contributed by atoms with van der Waals surface area (Å²) in [4.78, 5) is 8.71. The maximum Gasteiger partial charge on any atom is 0.416 e. The molecule has 2 aromatic rings. The van der Waals surface area contributed by atoms with Gasteiger partial charge in [-0.25, -0.2) is 0 Å². The van der Waals surface area contributed by atoms with Gasteiger partial charge in [-0.2, -0.15) is 18.2 Å². The molecule has 1 saturated heterocycles. The van der Waals surface area contributed by atoms with Crippen LogP contribution in [0.15, 0.2) is 28.8 Å². The SMILES string of the molecule is CC(c1nc(-c2cccc(C(F)(F)F)c2)no1)N(C)CCN1CCOCC1. The number of morpholine rings is 1. The Morgan fingerprint density at radius 1 is 1.26 bits per heavy atom. The molecule has 1 aliphatic rings. The van der Waals surface area contributed by atoms with Crippen LogP contribution in [0.2, 0.25) is 0 Å². The average molecular weight is 384 g/mol. The van der Waals surface area contributed by atoms with E-state index in [-0.39, 0.29) is 17.4 Å². The zero-order valence-corrected chi connectivity index (χ0v) is 15.4. The first-order valence-electron chi connectivity index (χ1n) is 8.86. The lowest BCUT2D eigenvalue weighted by atomic mass is 10.1. The van der Waals surface area contributed by atoms with Crippen molar-refractivity contribution in [1.29, 1.82) is 0 Å². The molecule has 2 heterocycles. The van der Waals surface area contributed by atoms with Crippen LogP contribution in [0, 0.1) is 0 Å². The van der Waals surface area contributed by atoms with Crippen molar-refractivity contribution >= 4 is 0 Å². The zero-order valence-electron chi connectivity index (χ0n) is 15.4. The molecule has 1 unspecified atom stereocenters. The molecule has 1 aromatic heterocycles. The van der Waals surface area contributed by atoms with Crippen molar-refractivity contribution in [3.63, 3.8) is 0 Å². The fourth-order valence-electron chi connectivity index (χ4n) is 2.86. The summed E-state index contributed by atoms with van der Waals surface area (Å²) >= 11 is 0. The summed E-state index contributed by atoms with van der Waals surface area (Å²) < 4.78 is 49.3. The minimum Gasteiger partial charge on any atom is -0.379 e. The van der Waals surface area contributed by atoms with Gasteiger partial charge >= 0.3 is 6.18 Å². The minimum absolute atomic E-state index is 0.141. The maximum absolute atomic E-state index is 12.9. The zero-order chi connectivity index (χ0) is 19.4. The number of hydrogen-bond donors (Lipinski definition) is 0. The molecule has 0 spiro atoms. The lowest BCUT2D eigenvalue weighted by Gasteiger charge is -2.29. The second kappa shape index (κ2) is 8.37. The lowest BCUT2D eigenvalue weighted by Crippen LogP contribution is -2.41. The third kappa shape index (κ3) is 5.06. The maximum atomic E-state index is 12.9. The van der Waals surface area contributed by atoms with Crippen LogP contribution in [0.25, 0.3) is 11.4 Å². The molecule has 0 N–H and O–H groups in total. The van der Waals surface area contributed by atoms with Crippen molar-refractivity contribution in [3.05, 3.63) is 35.7 Å². The number of likely N-dealkylation sites (N-methyl/N-ethyl adjacent to an activating group) is 1. The number of ether oxygens (including phenoxy) is 1. The summed E-state index contributed by atoms with van der Waals surface area (Å²) in [6.45, 7) is 6.99. The van der Waals surface area contributed by atoms with Crippen molar-refractivity contribution in [2.75, 3.05) is 46.4 Å². The van der Waals surface area contributed by atoms with Crippen LogP contribution in [0.3, 0.4) is 0 Å². The Kier molecular flexibility index (Phi) is 6.13. The molecule has 1 atom stereocenters. The first-order chi connectivity index (χ1) is 12.8. The van der Waals surface area contributed by atoms with E-state index in [0.717, 1.165) is 51.5 Å². The minimum atomic E-state index is -4.41. The number of hydrogen-bond acceptors (Lipinski definition) is 6. The topological polar surface area (TPSA) is 54.6 Å². The van der Waals surface area contributed by atoms with Crippen LogP contribution in [-0.2, 0) is 10.9 Å². The van der Waals surface area contributed by atoms with Gasteiger partial charge in [0.25, 0.3) is 0 Å². The van der Waals surface area contributed by atoms with E-state index >= 15 is 0 Å². The van der Waals surface area contributed by atoms with E-state index in [1.807, 2.05) is 14.0 Å². The molecule has 0 bridgehead atoms. The summed E-state index contributed by atoms with van der Waals surface area (Å²) in [5, 5.41) is 3.86. The number of rotatable bonds is 6. The molecule has 0 amide bonds. The quantitative estimate of drug-likeness (QED) is 0.763. The number of halogens is 3. The number of nitrogens with zero attached hydrogens (tertiary/aromatic N) is 4. The van der Waals surface area contributed by atoms with Gasteiger partial charge in [0.15, 0.2) is 0 Å². The van der Waals surface area contributed by atoms with Crippen molar-refractivity contribution in [1.82, 2.24) is 19.9 Å². The Morgan fingerprint density at radius 3 is 2.70 bits per heavy atom. The van der Waals surface area contributed by atoms with Gasteiger partial charge in [0, 0.05) is 31.7 Å². The molecule has 1 aliphatic heterocycles. The third-order valence-corrected chi connectivity index (χ3v) is 4.78. The molecule has 0 saturated carbocycles. The number of aromatic nitrogens is 2. The van der Waals surface area contributed by atoms with Crippen molar-refractivity contribution in [3.8, 4) is 11.4 Å². The molecule has 0 aliphatic carbocycles. The van der Waals surface area contributed by atoms with Gasteiger partial charge in [0.2, 0.25) is 11.7 Å². The first kappa shape index (κ1) is 19.8. The highest BCUT2D eigenvalue weighted by molar-refractivity contribution is 5.55. The van der Waals surface area contributed by atoms with E-state index in [0.29, 0.717) is 5.89 Å². The highest BCUT2D eigenvalue weighted by Gasteiger charge is 2.31. The Hall–Kier alpha value is -1.97. The second-order valence-electron chi connectivity index (χ2n) is 6.65. The second-order valence-corrected chi connectivity index (χ2v) is 6.65. The van der Waals surface area contributed by atoms with Gasteiger partial charge in [-0.1, -0.05) is 17.3 Å². The Morgan fingerprint density at radius 2 is 2.00 bits per heavy atom. The monoisotopic (exact) mass is 384 g/mol. The summed E-state index contributed by atoms with van der Waals surface area (Å²) in [7, 11) is 1.96. The molecule has 9 heteroatoms. The Balaban J connectivity index is 1.64. The fourth-order valence-corrected chi connectivity index (χ4v) is 2.86. The number of alkyl halides is 3. The van der Waals surface area contributed by atoms with Crippen molar-refractivity contribution < 1.29 is 22.4 Å². The Bertz CT molecular complexity index is 744. The normalized spacial score (nSPS) is 17.4. The molecule has 148 valence electrons. The third-order valence-electron chi connectivity index (χ3n) is 4.78. The molecular formula is C18H23F3N4O2. The van der Waals surface area contributed by atoms with E-state index in [9.17, 15) is 13.2 Å². The van der Waals surface area contributed by atoms with E-state index in [1.54, 1.807) is 0 Å². The first-order valence-corrected chi connectivity index (χ1v) is 8.86. The Labute approximate surface area is 155 Å². The smallest absolute Gasteiger partial charge is 0.379 e. The standard InChI is InChI=1S/C18H23F3N4O2/c1-13(24(2)6-7-25-8-10-26-11-9-25)17-22-16(23-27-17)14-4-3-5-15(12-14)18(19,20)21/h3-5,12-13H,6-11H2,1-2H3. The predicted molar refractivity (Wildman–Crippen MR) is 93.0 cm³/mol.